The summed E-state index contributed by atoms with van der Waals surface area (Å²) in [6.45, 7) is 0. The van der Waals surface area contributed by atoms with Crippen LogP contribution in [0.4, 0.5) is 30.8 Å². The van der Waals surface area contributed by atoms with Gasteiger partial charge in [0.25, 0.3) is 0 Å². The van der Waals surface area contributed by atoms with Gasteiger partial charge in [-0.25, -0.2) is 9.97 Å². The molecule has 2 aromatic rings. The maximum absolute atomic E-state index is 12.4. The van der Waals surface area contributed by atoms with Gasteiger partial charge in [0.15, 0.2) is 0 Å². The number of nitrogens with zero attached hydrogens (tertiary/aromatic N) is 4. The lowest BCUT2D eigenvalue weighted by Gasteiger charge is -2.08. The van der Waals surface area contributed by atoms with Crippen LogP contribution in [0, 0.1) is 0 Å². The Labute approximate surface area is 99.1 Å². The van der Waals surface area contributed by atoms with Gasteiger partial charge in [0.1, 0.15) is 12.0 Å². The zero-order valence-electron chi connectivity index (χ0n) is 8.81. The molecule has 0 atom stereocenters. The molecule has 0 radical (unpaired) electrons. The molecule has 2 rings (SSSR count). The van der Waals surface area contributed by atoms with E-state index in [1.165, 1.54) is 6.07 Å². The first-order valence-corrected chi connectivity index (χ1v) is 4.70. The average molecular weight is 256 g/mol. The lowest BCUT2D eigenvalue weighted by atomic mass is 10.3. The van der Waals surface area contributed by atoms with Crippen LogP contribution in [0.25, 0.3) is 0 Å². The van der Waals surface area contributed by atoms with Crippen molar-refractivity contribution in [1.82, 2.24) is 19.9 Å². The Morgan fingerprint density at radius 3 is 2.61 bits per heavy atom. The van der Waals surface area contributed by atoms with Gasteiger partial charge >= 0.3 is 6.18 Å². The first-order chi connectivity index (χ1) is 8.45. The Hall–Kier alpha value is -2.45. The highest BCUT2D eigenvalue weighted by Crippen LogP contribution is 2.29. The second-order valence-electron chi connectivity index (χ2n) is 3.22. The molecule has 94 valence electrons. The average Bonchev–Trinajstić information content (AvgIpc) is 2.28. The number of nitrogens with two attached hydrogens (primary N) is 1. The predicted molar refractivity (Wildman–Crippen MR) is 56.8 cm³/mol. The molecule has 6 nitrogen and oxygen atoms in total. The summed E-state index contributed by atoms with van der Waals surface area (Å²) in [5.74, 6) is 0.0272. The number of aromatic nitrogens is 4. The van der Waals surface area contributed by atoms with Gasteiger partial charge in [-0.05, 0) is 12.1 Å². The Morgan fingerprint density at radius 2 is 1.94 bits per heavy atom. The van der Waals surface area contributed by atoms with Gasteiger partial charge < -0.3 is 11.1 Å². The number of nitrogens with one attached hydrogen (secondary N) is 1. The summed E-state index contributed by atoms with van der Waals surface area (Å²) in [5.41, 5.74) is 4.47. The number of rotatable bonds is 2. The maximum Gasteiger partial charge on any atom is 0.433 e. The van der Waals surface area contributed by atoms with Crippen LogP contribution < -0.4 is 11.1 Å². The summed E-state index contributed by atoms with van der Waals surface area (Å²) < 4.78 is 37.3. The van der Waals surface area contributed by atoms with Gasteiger partial charge in [-0.3, -0.25) is 4.98 Å². The second kappa shape index (κ2) is 4.43. The minimum Gasteiger partial charge on any atom is -0.368 e. The molecular formula is C9H7F3N6. The minimum absolute atomic E-state index is 0.0300. The number of pyridine rings is 1. The van der Waals surface area contributed by atoms with E-state index < -0.39 is 11.9 Å². The van der Waals surface area contributed by atoms with Crippen LogP contribution in [-0.2, 0) is 6.18 Å². The maximum atomic E-state index is 12.4. The van der Waals surface area contributed by atoms with E-state index in [-0.39, 0.29) is 17.6 Å². The molecule has 0 spiro atoms. The third kappa shape index (κ3) is 2.81. The molecule has 0 saturated heterocycles. The summed E-state index contributed by atoms with van der Waals surface area (Å²) in [5, 5.41) is 2.58. The largest absolute Gasteiger partial charge is 0.433 e. The zero-order chi connectivity index (χ0) is 13.2. The quantitative estimate of drug-likeness (QED) is 0.848. The van der Waals surface area contributed by atoms with E-state index in [0.29, 0.717) is 0 Å². The van der Waals surface area contributed by atoms with Gasteiger partial charge in [-0.1, -0.05) is 0 Å². The van der Waals surface area contributed by atoms with E-state index in [9.17, 15) is 13.2 Å². The van der Waals surface area contributed by atoms with Crippen molar-refractivity contribution in [3.05, 3.63) is 30.4 Å². The van der Waals surface area contributed by atoms with Gasteiger partial charge in [-0.15, -0.1) is 0 Å². The van der Waals surface area contributed by atoms with Crippen LogP contribution in [0.5, 0.6) is 0 Å². The van der Waals surface area contributed by atoms with Crippen molar-refractivity contribution >= 4 is 17.6 Å². The van der Waals surface area contributed by atoms with E-state index in [0.717, 1.165) is 18.6 Å². The highest BCUT2D eigenvalue weighted by atomic mass is 19.4. The molecule has 0 aliphatic rings. The van der Waals surface area contributed by atoms with Crippen LogP contribution >= 0.6 is 0 Å². The number of hydrogen-bond donors (Lipinski definition) is 2. The molecular weight excluding hydrogens is 249 g/mol. The molecule has 0 aromatic carbocycles. The molecule has 18 heavy (non-hydrogen) atoms. The number of anilines is 3. The summed E-state index contributed by atoms with van der Waals surface area (Å²) in [6.07, 6.45) is -2.32. The van der Waals surface area contributed by atoms with E-state index in [2.05, 4.69) is 25.3 Å². The normalized spacial score (nSPS) is 11.3. The third-order valence-electron chi connectivity index (χ3n) is 1.90. The monoisotopic (exact) mass is 256 g/mol. The Balaban J connectivity index is 2.25. The summed E-state index contributed by atoms with van der Waals surface area (Å²) in [6, 6.07) is 2.20. The van der Waals surface area contributed by atoms with E-state index in [1.807, 2.05) is 0 Å². The van der Waals surface area contributed by atoms with Gasteiger partial charge in [0.2, 0.25) is 11.9 Å². The Morgan fingerprint density at radius 1 is 1.17 bits per heavy atom. The van der Waals surface area contributed by atoms with Gasteiger partial charge in [0.05, 0.1) is 0 Å². The molecule has 0 aliphatic heterocycles. The molecule has 0 amide bonds. The molecule has 0 fully saturated rings. The molecule has 0 unspecified atom stereocenters. The van der Waals surface area contributed by atoms with Gasteiger partial charge in [-0.2, -0.15) is 18.2 Å². The molecule has 0 saturated carbocycles. The lowest BCUT2D eigenvalue weighted by Crippen LogP contribution is -2.08. The smallest absolute Gasteiger partial charge is 0.368 e. The van der Waals surface area contributed by atoms with Crippen molar-refractivity contribution in [3.8, 4) is 0 Å². The van der Waals surface area contributed by atoms with Crippen LogP contribution in [0.15, 0.2) is 24.7 Å². The van der Waals surface area contributed by atoms with Crippen molar-refractivity contribution in [2.45, 2.75) is 6.18 Å². The Bertz CT molecular complexity index is 556. The fraction of sp³-hybridized carbons (Fsp3) is 0.111. The van der Waals surface area contributed by atoms with E-state index in [1.54, 1.807) is 0 Å². The zero-order valence-corrected chi connectivity index (χ0v) is 8.81. The molecule has 2 heterocycles. The standard InChI is InChI=1S/C9H7F3N6/c10-9(11,12)6-3-5(1-2-14-6)17-8-16-4-15-7(13)18-8/h1-4H,(H3,13,14,15,16,17,18). The third-order valence-corrected chi connectivity index (χ3v) is 1.90. The molecule has 9 heteroatoms. The number of nitrogen functional groups attached to an aromatic ring is 1. The highest BCUT2D eigenvalue weighted by Gasteiger charge is 2.32. The SMILES string of the molecule is Nc1ncnc(Nc2ccnc(C(F)(F)F)c2)n1. The predicted octanol–water partition coefficient (Wildman–Crippen LogP) is 1.61. The number of alkyl halides is 3. The van der Waals surface area contributed by atoms with Crippen molar-refractivity contribution in [2.24, 2.45) is 0 Å². The van der Waals surface area contributed by atoms with E-state index >= 15 is 0 Å². The topological polar surface area (TPSA) is 89.6 Å². The first kappa shape index (κ1) is 12.0. The fourth-order valence-electron chi connectivity index (χ4n) is 1.16. The summed E-state index contributed by atoms with van der Waals surface area (Å²) >= 11 is 0. The lowest BCUT2D eigenvalue weighted by molar-refractivity contribution is -0.141. The number of halogens is 3. The van der Waals surface area contributed by atoms with Crippen molar-refractivity contribution in [3.63, 3.8) is 0 Å². The van der Waals surface area contributed by atoms with Crippen LogP contribution in [0.2, 0.25) is 0 Å². The fourth-order valence-corrected chi connectivity index (χ4v) is 1.16. The van der Waals surface area contributed by atoms with Crippen LogP contribution in [-0.4, -0.2) is 19.9 Å². The van der Waals surface area contributed by atoms with Gasteiger partial charge in [0, 0.05) is 11.9 Å². The summed E-state index contributed by atoms with van der Waals surface area (Å²) in [4.78, 5) is 14.2. The first-order valence-electron chi connectivity index (χ1n) is 4.70. The molecule has 2 aromatic heterocycles. The molecule has 3 N–H and O–H groups in total. The van der Waals surface area contributed by atoms with Crippen molar-refractivity contribution in [1.29, 1.82) is 0 Å². The summed E-state index contributed by atoms with van der Waals surface area (Å²) in [7, 11) is 0. The number of hydrogen-bond acceptors (Lipinski definition) is 6. The minimum atomic E-state index is -4.50. The second-order valence-corrected chi connectivity index (χ2v) is 3.22. The highest BCUT2D eigenvalue weighted by molar-refractivity contribution is 5.53. The van der Waals surface area contributed by atoms with Crippen molar-refractivity contribution < 1.29 is 13.2 Å². The van der Waals surface area contributed by atoms with Crippen LogP contribution in [0.3, 0.4) is 0 Å². The van der Waals surface area contributed by atoms with E-state index in [4.69, 9.17) is 5.73 Å². The Kier molecular flexibility index (Phi) is 2.96. The van der Waals surface area contributed by atoms with Crippen LogP contribution in [0.1, 0.15) is 5.69 Å². The molecule has 0 bridgehead atoms. The molecule has 0 aliphatic carbocycles. The van der Waals surface area contributed by atoms with Crippen molar-refractivity contribution in [2.75, 3.05) is 11.1 Å².